The number of ether oxygens (including phenoxy) is 3. The highest BCUT2D eigenvalue weighted by atomic mass is 16.5. The van der Waals surface area contributed by atoms with Crippen molar-refractivity contribution in [1.29, 1.82) is 0 Å². The second-order valence-corrected chi connectivity index (χ2v) is 8.35. The zero-order valence-corrected chi connectivity index (χ0v) is 16.8. The fraction of sp³-hybridized carbons (Fsp3) is 0.609. The van der Waals surface area contributed by atoms with Crippen LogP contribution >= 0.6 is 0 Å². The van der Waals surface area contributed by atoms with Gasteiger partial charge in [-0.2, -0.15) is 0 Å². The van der Waals surface area contributed by atoms with E-state index in [-0.39, 0.29) is 5.60 Å². The summed E-state index contributed by atoms with van der Waals surface area (Å²) in [6.07, 6.45) is 11.7. The van der Waals surface area contributed by atoms with E-state index in [9.17, 15) is 0 Å². The summed E-state index contributed by atoms with van der Waals surface area (Å²) in [4.78, 5) is 4.78. The van der Waals surface area contributed by atoms with Crippen LogP contribution in [0.3, 0.4) is 0 Å². The molecule has 150 valence electrons. The van der Waals surface area contributed by atoms with Crippen molar-refractivity contribution in [2.45, 2.75) is 63.5 Å². The Hall–Kier alpha value is -1.85. The van der Waals surface area contributed by atoms with E-state index in [1.54, 1.807) is 0 Å². The molecule has 1 aromatic heterocycles. The van der Waals surface area contributed by atoms with E-state index < -0.39 is 0 Å². The molecule has 5 heteroatoms. The molecular weight excluding hydrogens is 352 g/mol. The molecule has 1 aromatic carbocycles. The van der Waals surface area contributed by atoms with Crippen LogP contribution in [0, 0.1) is 0 Å². The molecule has 0 bridgehead atoms. The quantitative estimate of drug-likeness (QED) is 0.789. The maximum Gasteiger partial charge on any atom is 0.143 e. The van der Waals surface area contributed by atoms with Crippen LogP contribution in [0.4, 0.5) is 0 Å². The molecule has 2 saturated heterocycles. The van der Waals surface area contributed by atoms with Crippen molar-refractivity contribution >= 4 is 0 Å². The minimum absolute atomic E-state index is 0.0244. The lowest BCUT2D eigenvalue weighted by molar-refractivity contribution is -0.144. The van der Waals surface area contributed by atoms with Crippen LogP contribution in [0.15, 0.2) is 24.5 Å². The highest BCUT2D eigenvalue weighted by molar-refractivity contribution is 5.67. The third kappa shape index (κ3) is 3.25. The Kier molecular flexibility index (Phi) is 4.89. The summed E-state index contributed by atoms with van der Waals surface area (Å²) in [5, 5.41) is 0. The van der Waals surface area contributed by atoms with E-state index in [0.717, 1.165) is 75.5 Å². The lowest BCUT2D eigenvalue weighted by atomic mass is 9.84. The van der Waals surface area contributed by atoms with Gasteiger partial charge in [-0.15, -0.1) is 0 Å². The van der Waals surface area contributed by atoms with Crippen LogP contribution in [0.2, 0.25) is 0 Å². The molecule has 2 fully saturated rings. The molecule has 1 spiro atoms. The van der Waals surface area contributed by atoms with Gasteiger partial charge in [0.15, 0.2) is 0 Å². The number of benzene rings is 1. The van der Waals surface area contributed by atoms with Gasteiger partial charge in [0.05, 0.1) is 17.8 Å². The van der Waals surface area contributed by atoms with Crippen LogP contribution in [0.5, 0.6) is 5.75 Å². The van der Waals surface area contributed by atoms with Gasteiger partial charge in [0.2, 0.25) is 0 Å². The van der Waals surface area contributed by atoms with Gasteiger partial charge in [0, 0.05) is 38.3 Å². The van der Waals surface area contributed by atoms with Gasteiger partial charge in [-0.25, -0.2) is 4.98 Å². The van der Waals surface area contributed by atoms with Gasteiger partial charge < -0.3 is 18.8 Å². The van der Waals surface area contributed by atoms with Gasteiger partial charge in [-0.1, -0.05) is 0 Å². The number of aryl methyl sites for hydroxylation is 2. The molecule has 2 aliphatic heterocycles. The van der Waals surface area contributed by atoms with Crippen molar-refractivity contribution < 1.29 is 14.2 Å². The molecule has 1 atom stereocenters. The van der Waals surface area contributed by atoms with Gasteiger partial charge in [0.25, 0.3) is 0 Å². The first kappa shape index (κ1) is 18.2. The molecule has 0 N–H and O–H groups in total. The summed E-state index contributed by atoms with van der Waals surface area (Å²) in [7, 11) is 0. The lowest BCUT2D eigenvalue weighted by Crippen LogP contribution is -2.44. The van der Waals surface area contributed by atoms with E-state index in [2.05, 4.69) is 29.8 Å². The Bertz CT molecular complexity index is 833. The van der Waals surface area contributed by atoms with E-state index in [1.807, 2.05) is 6.20 Å². The number of rotatable bonds is 4. The normalized spacial score (nSPS) is 23.7. The summed E-state index contributed by atoms with van der Waals surface area (Å²) < 4.78 is 20.3. The van der Waals surface area contributed by atoms with Gasteiger partial charge >= 0.3 is 0 Å². The molecule has 0 saturated carbocycles. The maximum absolute atomic E-state index is 6.26. The number of hydrogen-bond acceptors (Lipinski definition) is 4. The van der Waals surface area contributed by atoms with Crippen LogP contribution in [0.1, 0.15) is 56.2 Å². The van der Waals surface area contributed by atoms with E-state index in [4.69, 9.17) is 19.2 Å². The molecule has 0 radical (unpaired) electrons. The first-order chi connectivity index (χ1) is 13.8. The van der Waals surface area contributed by atoms with E-state index in [1.165, 1.54) is 17.5 Å². The standard InChI is InChI=1S/C23H30N2O3/c1-2-27-21-15-18-5-3-4-17(18)14-20(21)22-24-9-10-25(22)19-6-11-28-23(16-19)7-12-26-13-8-23/h9-10,14-15,19H,2-8,11-13,16H2,1H3. The molecule has 1 unspecified atom stereocenters. The van der Waals surface area contributed by atoms with Crippen molar-refractivity contribution in [1.82, 2.24) is 9.55 Å². The predicted octanol–water partition coefficient (Wildman–Crippen LogP) is 4.34. The molecule has 0 amide bonds. The molecule has 1 aliphatic carbocycles. The highest BCUT2D eigenvalue weighted by Crippen LogP contribution is 2.42. The van der Waals surface area contributed by atoms with Crippen molar-refractivity contribution in [3.05, 3.63) is 35.7 Å². The highest BCUT2D eigenvalue weighted by Gasteiger charge is 2.40. The fourth-order valence-corrected chi connectivity index (χ4v) is 5.20. The topological polar surface area (TPSA) is 45.5 Å². The van der Waals surface area contributed by atoms with E-state index >= 15 is 0 Å². The number of hydrogen-bond donors (Lipinski definition) is 0. The zero-order valence-electron chi connectivity index (χ0n) is 16.8. The smallest absolute Gasteiger partial charge is 0.143 e. The summed E-state index contributed by atoms with van der Waals surface area (Å²) >= 11 is 0. The van der Waals surface area contributed by atoms with Crippen LogP contribution < -0.4 is 4.74 Å². The summed E-state index contributed by atoms with van der Waals surface area (Å²) in [5.41, 5.74) is 4.02. The Morgan fingerprint density at radius 1 is 1.18 bits per heavy atom. The van der Waals surface area contributed by atoms with Crippen molar-refractivity contribution in [2.24, 2.45) is 0 Å². The molecule has 28 heavy (non-hydrogen) atoms. The van der Waals surface area contributed by atoms with Gasteiger partial charge in [-0.3, -0.25) is 0 Å². The Morgan fingerprint density at radius 2 is 2.00 bits per heavy atom. The number of imidazole rings is 1. The van der Waals surface area contributed by atoms with Crippen LogP contribution in [-0.4, -0.2) is 41.6 Å². The van der Waals surface area contributed by atoms with Crippen molar-refractivity contribution in [2.75, 3.05) is 26.4 Å². The van der Waals surface area contributed by atoms with E-state index in [0.29, 0.717) is 12.6 Å². The summed E-state index contributed by atoms with van der Waals surface area (Å²) in [5.74, 6) is 2.01. The van der Waals surface area contributed by atoms with Crippen molar-refractivity contribution in [3.63, 3.8) is 0 Å². The maximum atomic E-state index is 6.26. The van der Waals surface area contributed by atoms with Crippen molar-refractivity contribution in [3.8, 4) is 17.1 Å². The number of nitrogens with zero attached hydrogens (tertiary/aromatic N) is 2. The number of aromatic nitrogens is 2. The average molecular weight is 383 g/mol. The van der Waals surface area contributed by atoms with Gasteiger partial charge in [0.1, 0.15) is 11.6 Å². The second-order valence-electron chi connectivity index (χ2n) is 8.35. The predicted molar refractivity (Wildman–Crippen MR) is 108 cm³/mol. The first-order valence-electron chi connectivity index (χ1n) is 10.8. The third-order valence-electron chi connectivity index (χ3n) is 6.67. The molecule has 5 rings (SSSR count). The minimum Gasteiger partial charge on any atom is -0.493 e. The first-order valence-corrected chi connectivity index (χ1v) is 10.8. The lowest BCUT2D eigenvalue weighted by Gasteiger charge is -2.43. The van der Waals surface area contributed by atoms with Crippen LogP contribution in [0.25, 0.3) is 11.4 Å². The average Bonchev–Trinajstić information content (AvgIpc) is 3.37. The third-order valence-corrected chi connectivity index (χ3v) is 6.67. The monoisotopic (exact) mass is 382 g/mol. The molecule has 3 heterocycles. The van der Waals surface area contributed by atoms with Crippen LogP contribution in [-0.2, 0) is 22.3 Å². The molecule has 2 aromatic rings. The Morgan fingerprint density at radius 3 is 2.82 bits per heavy atom. The number of fused-ring (bicyclic) bond motifs is 1. The summed E-state index contributed by atoms with van der Waals surface area (Å²) in [6.45, 7) is 5.15. The minimum atomic E-state index is -0.0244. The largest absolute Gasteiger partial charge is 0.493 e. The Balaban J connectivity index is 1.50. The molecule has 3 aliphatic rings. The fourth-order valence-electron chi connectivity index (χ4n) is 5.20. The molecular formula is C23H30N2O3. The van der Waals surface area contributed by atoms with Gasteiger partial charge in [-0.05, 0) is 75.1 Å². The summed E-state index contributed by atoms with van der Waals surface area (Å²) in [6, 6.07) is 4.99. The zero-order chi connectivity index (χ0) is 19.0. The Labute approximate surface area is 167 Å². The second kappa shape index (κ2) is 7.53. The molecule has 5 nitrogen and oxygen atoms in total. The SMILES string of the molecule is CCOc1cc2c(cc1-c1nccn1C1CCOC3(CCOCC3)C1)CCC2.